The molecule has 290 valence electrons. The molecule has 58 heavy (non-hydrogen) atoms. The maximum absolute atomic E-state index is 16.5. The van der Waals surface area contributed by atoms with Crippen LogP contribution in [0.3, 0.4) is 0 Å². The van der Waals surface area contributed by atoms with Gasteiger partial charge in [0.15, 0.2) is 0 Å². The highest BCUT2D eigenvalue weighted by Gasteiger charge is 2.44. The van der Waals surface area contributed by atoms with Crippen molar-refractivity contribution in [1.82, 2.24) is 0 Å². The van der Waals surface area contributed by atoms with E-state index in [2.05, 4.69) is 0 Å². The Hall–Kier alpha value is -5.79. The molecule has 2 aliphatic rings. The second-order valence-electron chi connectivity index (χ2n) is 13.4. The molecule has 0 spiro atoms. The topological polar surface area (TPSA) is 6.48 Å². The molecular formula is C45H25F9N2S2. The zero-order valence-corrected chi connectivity index (χ0v) is 31.2. The average Bonchev–Trinajstić information content (AvgIpc) is 3.20. The van der Waals surface area contributed by atoms with Gasteiger partial charge in [-0.2, -0.15) is 39.5 Å². The van der Waals surface area contributed by atoms with Gasteiger partial charge in [0.1, 0.15) is 0 Å². The van der Waals surface area contributed by atoms with E-state index in [-0.39, 0.29) is 11.4 Å². The summed E-state index contributed by atoms with van der Waals surface area (Å²) in [7, 11) is 0. The van der Waals surface area contributed by atoms with Crippen LogP contribution in [0.1, 0.15) is 16.7 Å². The predicted molar refractivity (Wildman–Crippen MR) is 210 cm³/mol. The fraction of sp³-hybridized carbons (Fsp3) is 0.0667. The number of alkyl halides is 9. The van der Waals surface area contributed by atoms with Crippen LogP contribution in [0.4, 0.5) is 73.6 Å². The van der Waals surface area contributed by atoms with E-state index in [4.69, 9.17) is 0 Å². The van der Waals surface area contributed by atoms with Gasteiger partial charge in [-0.1, -0.05) is 96.3 Å². The molecule has 7 aromatic carbocycles. The predicted octanol–water partition coefficient (Wildman–Crippen LogP) is 15.9. The summed E-state index contributed by atoms with van der Waals surface area (Å²) in [6.45, 7) is 0. The molecule has 0 amide bonds. The number of halogens is 9. The third-order valence-electron chi connectivity index (χ3n) is 9.87. The molecule has 0 fully saturated rings. The number of para-hydroxylation sites is 4. The van der Waals surface area contributed by atoms with Gasteiger partial charge in [-0.15, -0.1) is 0 Å². The van der Waals surface area contributed by atoms with Crippen molar-refractivity contribution in [2.45, 2.75) is 38.1 Å². The first-order valence-electron chi connectivity index (χ1n) is 17.6. The van der Waals surface area contributed by atoms with E-state index in [1.54, 1.807) is 107 Å². The lowest BCUT2D eigenvalue weighted by molar-refractivity contribution is -0.138. The first kappa shape index (κ1) is 37.8. The van der Waals surface area contributed by atoms with E-state index in [1.807, 2.05) is 0 Å². The largest absolute Gasteiger partial charge is 0.417 e. The smallest absolute Gasteiger partial charge is 0.307 e. The molecule has 7 aromatic rings. The van der Waals surface area contributed by atoms with Gasteiger partial charge >= 0.3 is 18.5 Å². The fourth-order valence-electron chi connectivity index (χ4n) is 7.51. The Kier molecular flexibility index (Phi) is 9.08. The fourth-order valence-corrected chi connectivity index (χ4v) is 9.62. The summed E-state index contributed by atoms with van der Waals surface area (Å²) in [4.78, 5) is 5.86. The maximum atomic E-state index is 16.5. The minimum Gasteiger partial charge on any atom is -0.307 e. The van der Waals surface area contributed by atoms with E-state index in [0.29, 0.717) is 54.5 Å². The van der Waals surface area contributed by atoms with Gasteiger partial charge in [0, 0.05) is 30.7 Å². The average molecular weight is 829 g/mol. The number of benzene rings is 7. The lowest BCUT2D eigenvalue weighted by Gasteiger charge is -2.39. The van der Waals surface area contributed by atoms with Crippen molar-refractivity contribution < 1.29 is 39.5 Å². The summed E-state index contributed by atoms with van der Waals surface area (Å²) in [5.41, 5.74) is -4.36. The van der Waals surface area contributed by atoms with E-state index >= 15 is 13.2 Å². The zero-order valence-electron chi connectivity index (χ0n) is 29.5. The van der Waals surface area contributed by atoms with Crippen LogP contribution in [0.25, 0.3) is 22.3 Å². The third-order valence-corrected chi connectivity index (χ3v) is 12.1. The molecule has 9 rings (SSSR count). The van der Waals surface area contributed by atoms with Crippen LogP contribution >= 0.6 is 23.5 Å². The van der Waals surface area contributed by atoms with Crippen LogP contribution in [-0.2, 0) is 18.5 Å². The SMILES string of the molecule is FC(F)(F)c1cccc(-c2c(N3c4ccccc4Sc4ccccc43)cc(N3c4ccccc4Sc4ccccc43)c(-c3cccc(C(F)(F)F)c3)c2C(F)(F)F)c1. The monoisotopic (exact) mass is 828 g/mol. The lowest BCUT2D eigenvalue weighted by Crippen LogP contribution is -2.22. The molecule has 0 bridgehead atoms. The van der Waals surface area contributed by atoms with Gasteiger partial charge in [0.25, 0.3) is 0 Å². The Morgan fingerprint density at radius 3 is 0.966 bits per heavy atom. The first-order valence-corrected chi connectivity index (χ1v) is 19.3. The Bertz CT molecular complexity index is 2470. The summed E-state index contributed by atoms with van der Waals surface area (Å²) in [6.07, 6.45) is -15.2. The number of nitrogens with zero attached hydrogens (tertiary/aromatic N) is 2. The number of anilines is 6. The van der Waals surface area contributed by atoms with Gasteiger partial charge in [0.05, 0.1) is 50.8 Å². The molecule has 0 saturated heterocycles. The highest BCUT2D eigenvalue weighted by molar-refractivity contribution is 8.00. The van der Waals surface area contributed by atoms with E-state index < -0.39 is 57.5 Å². The van der Waals surface area contributed by atoms with Gasteiger partial charge in [-0.3, -0.25) is 0 Å². The standard InChI is InChI=1S/C45H25F9N2S2/c46-43(47,48)28-13-9-11-26(23-28)40-34(55-30-15-1-5-19-36(30)57-37-20-6-2-16-31(37)55)25-35(56-32-17-3-7-21-38(32)58-39-22-8-4-18-33(39)56)41(42(40)45(52,53)54)27-12-10-14-29(24-27)44(49,50)51/h1-25H. The summed E-state index contributed by atoms with van der Waals surface area (Å²) in [5.74, 6) is 0. The van der Waals surface area contributed by atoms with Crippen molar-refractivity contribution in [2.75, 3.05) is 9.80 Å². The van der Waals surface area contributed by atoms with Crippen LogP contribution < -0.4 is 9.80 Å². The summed E-state index contributed by atoms with van der Waals surface area (Å²) < 4.78 is 136. The number of hydrogen-bond donors (Lipinski definition) is 0. The quantitative estimate of drug-likeness (QED) is 0.163. The van der Waals surface area contributed by atoms with E-state index in [9.17, 15) is 26.3 Å². The van der Waals surface area contributed by atoms with Gasteiger partial charge in [-0.05, 0) is 90.0 Å². The van der Waals surface area contributed by atoms with Crippen LogP contribution in [0.15, 0.2) is 171 Å². The molecular weight excluding hydrogens is 804 g/mol. The summed E-state index contributed by atoms with van der Waals surface area (Å²) >= 11 is 2.77. The molecule has 2 aliphatic heterocycles. The Morgan fingerprint density at radius 2 is 0.655 bits per heavy atom. The van der Waals surface area contributed by atoms with Crippen LogP contribution in [-0.4, -0.2) is 0 Å². The first-order chi connectivity index (χ1) is 27.7. The molecule has 2 heterocycles. The Labute approximate surface area is 334 Å². The normalized spacial score (nSPS) is 13.7. The third kappa shape index (κ3) is 6.55. The van der Waals surface area contributed by atoms with Gasteiger partial charge in [0.2, 0.25) is 0 Å². The van der Waals surface area contributed by atoms with E-state index in [0.717, 1.165) is 36.4 Å². The number of fused-ring (bicyclic) bond motifs is 4. The van der Waals surface area contributed by atoms with Gasteiger partial charge < -0.3 is 9.80 Å². The molecule has 0 saturated carbocycles. The van der Waals surface area contributed by atoms with E-state index in [1.165, 1.54) is 29.6 Å². The molecule has 0 N–H and O–H groups in total. The van der Waals surface area contributed by atoms with Gasteiger partial charge in [-0.25, -0.2) is 0 Å². The van der Waals surface area contributed by atoms with Crippen molar-refractivity contribution >= 4 is 57.6 Å². The van der Waals surface area contributed by atoms with Crippen LogP contribution in [0.5, 0.6) is 0 Å². The molecule has 0 atom stereocenters. The van der Waals surface area contributed by atoms with Crippen molar-refractivity contribution in [2.24, 2.45) is 0 Å². The summed E-state index contributed by atoms with van der Waals surface area (Å²) in [6, 6.07) is 36.6. The second kappa shape index (κ2) is 13.9. The van der Waals surface area contributed by atoms with Crippen molar-refractivity contribution in [1.29, 1.82) is 0 Å². The summed E-state index contributed by atoms with van der Waals surface area (Å²) in [5, 5.41) is 0. The lowest BCUT2D eigenvalue weighted by atomic mass is 9.86. The maximum Gasteiger partial charge on any atom is 0.417 e. The van der Waals surface area contributed by atoms with Crippen molar-refractivity contribution in [3.8, 4) is 22.3 Å². The number of hydrogen-bond acceptors (Lipinski definition) is 4. The second-order valence-corrected chi connectivity index (χ2v) is 15.6. The van der Waals surface area contributed by atoms with Crippen LogP contribution in [0.2, 0.25) is 0 Å². The van der Waals surface area contributed by atoms with Crippen molar-refractivity contribution in [3.05, 3.63) is 168 Å². The molecule has 0 radical (unpaired) electrons. The Balaban J connectivity index is 1.51. The molecule has 0 aromatic heterocycles. The molecule has 13 heteroatoms. The highest BCUT2D eigenvalue weighted by Crippen LogP contribution is 2.61. The minimum atomic E-state index is -5.34. The van der Waals surface area contributed by atoms with Crippen LogP contribution in [0, 0.1) is 0 Å². The molecule has 2 nitrogen and oxygen atoms in total. The Morgan fingerprint density at radius 1 is 0.328 bits per heavy atom. The highest BCUT2D eigenvalue weighted by atomic mass is 32.2. The molecule has 0 aliphatic carbocycles. The number of rotatable bonds is 4. The molecule has 0 unspecified atom stereocenters. The zero-order chi connectivity index (χ0) is 40.6. The van der Waals surface area contributed by atoms with Crippen molar-refractivity contribution in [3.63, 3.8) is 0 Å². The minimum absolute atomic E-state index is 0.134.